The largest absolute Gasteiger partial charge is 1.00 e. The summed E-state index contributed by atoms with van der Waals surface area (Å²) in [5.41, 5.74) is 4.84. The first-order chi connectivity index (χ1) is 20.0. The standard InChI is InChI=1S/C35H35Cl2NO3S.Na/c1-34(2,41)28-9-4-3-7-24(28)12-15-32(42-22-35(16-17-35)21-33(39)40)26-8-5-6-23(18-26)10-13-27-14-11-25-19-29(36)30(37)20-31(25)38-27;/h3-11,13-14,18-20,32,41H,12,15-17,21-22H2,1-2H3,(H,39,40);/q;+1/p-1/t32-;/m1./s1. The van der Waals surface area contributed by atoms with Crippen LogP contribution in [0.2, 0.25) is 10.0 Å². The number of carbonyl (C=O) groups is 1. The van der Waals surface area contributed by atoms with Gasteiger partial charge < -0.3 is 15.0 Å². The number of benzene rings is 3. The van der Waals surface area contributed by atoms with Crippen LogP contribution in [0.25, 0.3) is 23.1 Å². The van der Waals surface area contributed by atoms with E-state index >= 15 is 0 Å². The summed E-state index contributed by atoms with van der Waals surface area (Å²) in [4.78, 5) is 16.1. The summed E-state index contributed by atoms with van der Waals surface area (Å²) in [6, 6.07) is 24.1. The van der Waals surface area contributed by atoms with Crippen molar-refractivity contribution in [2.45, 2.75) is 56.8 Å². The number of carbonyl (C=O) groups excluding carboxylic acids is 1. The molecular formula is C35H34Cl2NNaO3S. The van der Waals surface area contributed by atoms with Gasteiger partial charge in [-0.05, 0) is 104 Å². The number of rotatable bonds is 12. The summed E-state index contributed by atoms with van der Waals surface area (Å²) in [7, 11) is 0. The van der Waals surface area contributed by atoms with Crippen LogP contribution < -0.4 is 34.7 Å². The van der Waals surface area contributed by atoms with Crippen molar-refractivity contribution in [3.63, 3.8) is 0 Å². The molecule has 3 aromatic carbocycles. The monoisotopic (exact) mass is 641 g/mol. The molecule has 4 aromatic rings. The van der Waals surface area contributed by atoms with Gasteiger partial charge in [0.15, 0.2) is 0 Å². The van der Waals surface area contributed by atoms with Crippen molar-refractivity contribution >= 4 is 64.0 Å². The SMILES string of the molecule is CC(C)(O)c1ccccc1CC[C@@H](SCC1(CC(=O)[O-])CC1)c1cccc(C=Cc2ccc3cc(Cl)c(Cl)cc3n2)c1.[Na+]. The average Bonchev–Trinajstić information content (AvgIpc) is 3.71. The molecule has 1 atom stereocenters. The number of fused-ring (bicyclic) bond motifs is 1. The molecular weight excluding hydrogens is 608 g/mol. The maximum atomic E-state index is 11.4. The number of carboxylic acid groups (broad SMARTS) is 1. The Morgan fingerprint density at radius 1 is 1.05 bits per heavy atom. The van der Waals surface area contributed by atoms with Gasteiger partial charge >= 0.3 is 29.6 Å². The molecule has 0 saturated heterocycles. The molecule has 4 nitrogen and oxygen atoms in total. The fraction of sp³-hybridized carbons (Fsp3) is 0.314. The second-order valence-electron chi connectivity index (χ2n) is 11.8. The van der Waals surface area contributed by atoms with E-state index in [1.165, 1.54) is 5.56 Å². The second kappa shape index (κ2) is 14.5. The van der Waals surface area contributed by atoms with Gasteiger partial charge in [-0.2, -0.15) is 11.8 Å². The van der Waals surface area contributed by atoms with Crippen molar-refractivity contribution in [3.8, 4) is 0 Å². The zero-order valence-corrected chi connectivity index (χ0v) is 29.1. The number of aliphatic carboxylic acids is 1. The van der Waals surface area contributed by atoms with Crippen LogP contribution in [0.1, 0.15) is 72.7 Å². The number of hydrogen-bond donors (Lipinski definition) is 1. The molecule has 0 spiro atoms. The molecule has 218 valence electrons. The van der Waals surface area contributed by atoms with Crippen LogP contribution >= 0.6 is 35.0 Å². The molecule has 1 heterocycles. The van der Waals surface area contributed by atoms with Gasteiger partial charge in [0.25, 0.3) is 0 Å². The van der Waals surface area contributed by atoms with Gasteiger partial charge in [0.05, 0.1) is 26.9 Å². The van der Waals surface area contributed by atoms with Crippen LogP contribution in [0.5, 0.6) is 0 Å². The van der Waals surface area contributed by atoms with Crippen LogP contribution in [0.3, 0.4) is 0 Å². The molecule has 1 fully saturated rings. The van der Waals surface area contributed by atoms with Crippen LogP contribution in [-0.4, -0.2) is 21.8 Å². The van der Waals surface area contributed by atoms with Crippen LogP contribution in [-0.2, 0) is 16.8 Å². The Morgan fingerprint density at radius 3 is 2.51 bits per heavy atom. The van der Waals surface area contributed by atoms with Crippen molar-refractivity contribution in [2.75, 3.05) is 5.75 Å². The fourth-order valence-electron chi connectivity index (χ4n) is 5.37. The van der Waals surface area contributed by atoms with Crippen molar-refractivity contribution < 1.29 is 44.6 Å². The van der Waals surface area contributed by atoms with Gasteiger partial charge in [-0.25, -0.2) is 4.98 Å². The zero-order valence-electron chi connectivity index (χ0n) is 24.8. The van der Waals surface area contributed by atoms with Crippen molar-refractivity contribution in [1.82, 2.24) is 4.98 Å². The third-order valence-electron chi connectivity index (χ3n) is 7.90. The maximum absolute atomic E-state index is 11.4. The van der Waals surface area contributed by atoms with E-state index in [0.29, 0.717) is 10.0 Å². The summed E-state index contributed by atoms with van der Waals surface area (Å²) in [5.74, 6) is -0.185. The van der Waals surface area contributed by atoms with Crippen molar-refractivity contribution in [3.05, 3.63) is 111 Å². The maximum Gasteiger partial charge on any atom is 1.00 e. The molecule has 1 N–H and O–H groups in total. The number of carboxylic acids is 1. The number of aryl methyl sites for hydroxylation is 1. The number of pyridine rings is 1. The van der Waals surface area contributed by atoms with Crippen LogP contribution in [0.15, 0.2) is 72.8 Å². The second-order valence-corrected chi connectivity index (χ2v) is 13.8. The Morgan fingerprint density at radius 2 is 1.79 bits per heavy atom. The molecule has 0 radical (unpaired) electrons. The number of thioether (sulfide) groups is 1. The van der Waals surface area contributed by atoms with Crippen LogP contribution in [0.4, 0.5) is 0 Å². The quantitative estimate of drug-likeness (QED) is 0.213. The number of nitrogens with zero attached hydrogens (tertiary/aromatic N) is 1. The molecule has 8 heteroatoms. The van der Waals surface area contributed by atoms with Gasteiger partial charge in [0.1, 0.15) is 0 Å². The molecule has 0 amide bonds. The van der Waals surface area contributed by atoms with E-state index in [1.54, 1.807) is 6.07 Å². The summed E-state index contributed by atoms with van der Waals surface area (Å²) in [6.07, 6.45) is 7.69. The third kappa shape index (κ3) is 9.11. The predicted octanol–water partition coefficient (Wildman–Crippen LogP) is 5.27. The summed E-state index contributed by atoms with van der Waals surface area (Å²) < 4.78 is 0. The molecule has 1 aliphatic carbocycles. The van der Waals surface area contributed by atoms with Gasteiger partial charge in [0, 0.05) is 16.6 Å². The first-order valence-electron chi connectivity index (χ1n) is 14.2. The fourth-order valence-corrected chi connectivity index (χ4v) is 7.27. The molecule has 1 saturated carbocycles. The smallest absolute Gasteiger partial charge is 0.550 e. The first kappa shape index (κ1) is 34.1. The molecule has 5 rings (SSSR count). The normalized spacial score (nSPS) is 14.9. The van der Waals surface area contributed by atoms with Gasteiger partial charge in [-0.3, -0.25) is 0 Å². The molecule has 0 bridgehead atoms. The number of aromatic nitrogens is 1. The number of hydrogen-bond acceptors (Lipinski definition) is 5. The minimum atomic E-state index is -0.969. The van der Waals surface area contributed by atoms with E-state index in [9.17, 15) is 15.0 Å². The third-order valence-corrected chi connectivity index (χ3v) is 10.3. The van der Waals surface area contributed by atoms with E-state index < -0.39 is 11.6 Å². The Kier molecular flexibility index (Phi) is 11.5. The van der Waals surface area contributed by atoms with Gasteiger partial charge in [-0.15, -0.1) is 0 Å². The molecule has 0 unspecified atom stereocenters. The van der Waals surface area contributed by atoms with E-state index in [1.807, 2.05) is 68.1 Å². The number of aliphatic hydroxyl groups is 1. The Labute approximate surface area is 290 Å². The molecule has 0 aliphatic heterocycles. The van der Waals surface area contributed by atoms with Crippen LogP contribution in [0, 0.1) is 5.41 Å². The minimum absolute atomic E-state index is 0. The van der Waals surface area contributed by atoms with Gasteiger partial charge in [0.2, 0.25) is 0 Å². The first-order valence-corrected chi connectivity index (χ1v) is 16.0. The van der Waals surface area contributed by atoms with Crippen molar-refractivity contribution in [2.24, 2.45) is 5.41 Å². The van der Waals surface area contributed by atoms with Gasteiger partial charge in [-0.1, -0.05) is 83.9 Å². The van der Waals surface area contributed by atoms with E-state index in [-0.39, 0.29) is 46.6 Å². The summed E-state index contributed by atoms with van der Waals surface area (Å²) in [5, 5.41) is 24.2. The van der Waals surface area contributed by atoms with E-state index in [0.717, 1.165) is 64.7 Å². The predicted molar refractivity (Wildman–Crippen MR) is 174 cm³/mol. The van der Waals surface area contributed by atoms with E-state index in [2.05, 4.69) is 36.4 Å². The average molecular weight is 643 g/mol. The molecule has 43 heavy (non-hydrogen) atoms. The van der Waals surface area contributed by atoms with E-state index in [4.69, 9.17) is 28.2 Å². The zero-order chi connectivity index (χ0) is 29.9. The molecule has 1 aromatic heterocycles. The molecule has 1 aliphatic rings. The minimum Gasteiger partial charge on any atom is -0.550 e. The topological polar surface area (TPSA) is 73.2 Å². The van der Waals surface area contributed by atoms with Crippen molar-refractivity contribution in [1.29, 1.82) is 0 Å². The number of halogens is 2. The Bertz CT molecular complexity index is 1630. The summed E-state index contributed by atoms with van der Waals surface area (Å²) in [6.45, 7) is 3.64. The Hall–Kier alpha value is -1.83. The summed E-state index contributed by atoms with van der Waals surface area (Å²) >= 11 is 14.2. The Balaban J connectivity index is 0.00000423.